The van der Waals surface area contributed by atoms with Gasteiger partial charge in [-0.25, -0.2) is 4.98 Å². The van der Waals surface area contributed by atoms with E-state index in [0.29, 0.717) is 6.54 Å². The highest BCUT2D eigenvalue weighted by Gasteiger charge is 2.34. The van der Waals surface area contributed by atoms with E-state index in [4.69, 9.17) is 10.7 Å². The van der Waals surface area contributed by atoms with Crippen molar-refractivity contribution >= 4 is 16.5 Å². The Morgan fingerprint density at radius 3 is 2.79 bits per heavy atom. The minimum absolute atomic E-state index is 0.642. The second-order valence-electron chi connectivity index (χ2n) is 5.87. The molecule has 106 valence electrons. The van der Waals surface area contributed by atoms with E-state index in [1.807, 2.05) is 11.3 Å². The lowest BCUT2D eigenvalue weighted by Gasteiger charge is -2.44. The van der Waals surface area contributed by atoms with Gasteiger partial charge in [0.15, 0.2) is 5.13 Å². The van der Waals surface area contributed by atoms with Crippen LogP contribution in [0.5, 0.6) is 0 Å². The van der Waals surface area contributed by atoms with Crippen LogP contribution in [0.4, 0.5) is 5.13 Å². The molecule has 1 aliphatic carbocycles. The maximum absolute atomic E-state index is 5.85. The highest BCUT2D eigenvalue weighted by atomic mass is 32.1. The zero-order valence-electron chi connectivity index (χ0n) is 11.9. The van der Waals surface area contributed by atoms with E-state index >= 15 is 0 Å². The van der Waals surface area contributed by atoms with Gasteiger partial charge in [-0.2, -0.15) is 0 Å². The van der Waals surface area contributed by atoms with Crippen molar-refractivity contribution in [3.63, 3.8) is 0 Å². The van der Waals surface area contributed by atoms with Crippen LogP contribution in [0.3, 0.4) is 0 Å². The number of piperidine rings is 1. The van der Waals surface area contributed by atoms with Crippen LogP contribution in [0.15, 0.2) is 0 Å². The smallest absolute Gasteiger partial charge is 0.186 e. The summed E-state index contributed by atoms with van der Waals surface area (Å²) >= 11 is 1.84. The van der Waals surface area contributed by atoms with E-state index in [-0.39, 0.29) is 0 Å². The van der Waals surface area contributed by atoms with E-state index in [0.717, 1.165) is 18.4 Å². The SMILES string of the molecule is CCc1nc(N2CCC[C@H]3CCCC[C@H]32)sc1CN. The third kappa shape index (κ3) is 2.52. The number of hydrogen-bond donors (Lipinski definition) is 1. The first-order valence-corrected chi connectivity index (χ1v) is 8.60. The molecule has 2 atom stereocenters. The molecule has 1 saturated carbocycles. The van der Waals surface area contributed by atoms with Gasteiger partial charge in [0.25, 0.3) is 0 Å². The van der Waals surface area contributed by atoms with Crippen molar-refractivity contribution in [3.05, 3.63) is 10.6 Å². The molecule has 0 unspecified atom stereocenters. The molecule has 2 heterocycles. The topological polar surface area (TPSA) is 42.2 Å². The number of nitrogens with two attached hydrogens (primary N) is 1. The summed E-state index contributed by atoms with van der Waals surface area (Å²) in [7, 11) is 0. The van der Waals surface area contributed by atoms with Crippen molar-refractivity contribution < 1.29 is 0 Å². The summed E-state index contributed by atoms with van der Waals surface area (Å²) in [5.41, 5.74) is 7.08. The fourth-order valence-electron chi connectivity index (χ4n) is 3.79. The highest BCUT2D eigenvalue weighted by Crippen LogP contribution is 2.39. The molecule has 1 aliphatic heterocycles. The minimum Gasteiger partial charge on any atom is -0.345 e. The van der Waals surface area contributed by atoms with Crippen molar-refractivity contribution in [2.75, 3.05) is 11.4 Å². The molecular weight excluding hydrogens is 254 g/mol. The normalized spacial score (nSPS) is 27.4. The molecule has 19 heavy (non-hydrogen) atoms. The number of aromatic nitrogens is 1. The van der Waals surface area contributed by atoms with Crippen LogP contribution in [0.1, 0.15) is 56.0 Å². The first-order chi connectivity index (χ1) is 9.33. The van der Waals surface area contributed by atoms with Gasteiger partial charge in [0, 0.05) is 24.0 Å². The number of fused-ring (bicyclic) bond motifs is 1. The van der Waals surface area contributed by atoms with Gasteiger partial charge in [-0.1, -0.05) is 19.8 Å². The van der Waals surface area contributed by atoms with Crippen LogP contribution in [-0.4, -0.2) is 17.6 Å². The average molecular weight is 279 g/mol. The summed E-state index contributed by atoms with van der Waals surface area (Å²) in [6.07, 6.45) is 9.39. The monoisotopic (exact) mass is 279 g/mol. The summed E-state index contributed by atoms with van der Waals surface area (Å²) in [4.78, 5) is 8.77. The average Bonchev–Trinajstić information content (AvgIpc) is 2.89. The zero-order chi connectivity index (χ0) is 13.2. The molecule has 0 spiro atoms. The number of anilines is 1. The Kier molecular flexibility index (Phi) is 4.08. The van der Waals surface area contributed by atoms with Gasteiger partial charge in [0.1, 0.15) is 0 Å². The molecule has 0 amide bonds. The van der Waals surface area contributed by atoms with Crippen LogP contribution in [0, 0.1) is 5.92 Å². The van der Waals surface area contributed by atoms with Crippen LogP contribution >= 0.6 is 11.3 Å². The molecule has 0 bridgehead atoms. The number of rotatable bonds is 3. The largest absolute Gasteiger partial charge is 0.345 e. The first-order valence-electron chi connectivity index (χ1n) is 7.78. The highest BCUT2D eigenvalue weighted by molar-refractivity contribution is 7.15. The van der Waals surface area contributed by atoms with Crippen molar-refractivity contribution in [2.24, 2.45) is 11.7 Å². The number of aryl methyl sites for hydroxylation is 1. The molecule has 3 nitrogen and oxygen atoms in total. The lowest BCUT2D eigenvalue weighted by Crippen LogP contribution is -2.46. The molecule has 1 aromatic rings. The number of thiazole rings is 1. The molecule has 2 fully saturated rings. The Morgan fingerprint density at radius 2 is 2.05 bits per heavy atom. The number of nitrogens with zero attached hydrogens (tertiary/aromatic N) is 2. The molecule has 3 rings (SSSR count). The van der Waals surface area contributed by atoms with Crippen molar-refractivity contribution in [1.29, 1.82) is 0 Å². The molecule has 1 saturated heterocycles. The molecule has 0 aromatic carbocycles. The Labute approximate surface area is 120 Å². The maximum atomic E-state index is 5.85. The van der Waals surface area contributed by atoms with Gasteiger partial charge >= 0.3 is 0 Å². The lowest BCUT2D eigenvalue weighted by molar-refractivity contribution is 0.243. The molecular formula is C15H25N3S. The second kappa shape index (κ2) is 5.80. The van der Waals surface area contributed by atoms with Gasteiger partial charge in [-0.15, -0.1) is 11.3 Å². The van der Waals surface area contributed by atoms with Gasteiger partial charge in [0.2, 0.25) is 0 Å². The molecule has 2 N–H and O–H groups in total. The Morgan fingerprint density at radius 1 is 1.26 bits per heavy atom. The quantitative estimate of drug-likeness (QED) is 0.923. The van der Waals surface area contributed by atoms with E-state index < -0.39 is 0 Å². The van der Waals surface area contributed by atoms with Crippen LogP contribution in [-0.2, 0) is 13.0 Å². The fourth-order valence-corrected chi connectivity index (χ4v) is 4.90. The van der Waals surface area contributed by atoms with Crippen molar-refractivity contribution in [2.45, 2.75) is 64.5 Å². The standard InChI is InChI=1S/C15H25N3S/c1-2-12-14(10-16)19-15(17-12)18-9-5-7-11-6-3-4-8-13(11)18/h11,13H,2-10,16H2,1H3/t11-,13-/m1/s1. The Balaban J connectivity index is 1.85. The van der Waals surface area contributed by atoms with Gasteiger partial charge in [-0.3, -0.25) is 0 Å². The van der Waals surface area contributed by atoms with Crippen molar-refractivity contribution in [1.82, 2.24) is 4.98 Å². The molecule has 1 aromatic heterocycles. The Bertz CT molecular complexity index is 406. The Hall–Kier alpha value is -0.610. The third-order valence-electron chi connectivity index (χ3n) is 4.78. The summed E-state index contributed by atoms with van der Waals surface area (Å²) < 4.78 is 0. The molecule has 0 radical (unpaired) electrons. The van der Waals surface area contributed by atoms with E-state index in [2.05, 4.69) is 11.8 Å². The van der Waals surface area contributed by atoms with Gasteiger partial charge < -0.3 is 10.6 Å². The summed E-state index contributed by atoms with van der Waals surface area (Å²) in [6.45, 7) is 4.02. The van der Waals surface area contributed by atoms with E-state index in [1.165, 1.54) is 60.8 Å². The second-order valence-corrected chi connectivity index (χ2v) is 6.93. The lowest BCUT2D eigenvalue weighted by atomic mass is 9.78. The van der Waals surface area contributed by atoms with E-state index in [9.17, 15) is 0 Å². The summed E-state index contributed by atoms with van der Waals surface area (Å²) in [5.74, 6) is 0.915. The predicted molar refractivity (Wildman–Crippen MR) is 81.7 cm³/mol. The summed E-state index contributed by atoms with van der Waals surface area (Å²) in [6, 6.07) is 0.754. The maximum Gasteiger partial charge on any atom is 0.186 e. The first kappa shape index (κ1) is 13.4. The van der Waals surface area contributed by atoms with Gasteiger partial charge in [0.05, 0.1) is 5.69 Å². The van der Waals surface area contributed by atoms with Gasteiger partial charge in [-0.05, 0) is 38.0 Å². The minimum atomic E-state index is 0.642. The fraction of sp³-hybridized carbons (Fsp3) is 0.800. The van der Waals surface area contributed by atoms with Crippen LogP contribution in [0.25, 0.3) is 0 Å². The van der Waals surface area contributed by atoms with Crippen molar-refractivity contribution in [3.8, 4) is 0 Å². The van der Waals surface area contributed by atoms with Crippen LogP contribution in [0.2, 0.25) is 0 Å². The van der Waals surface area contributed by atoms with Crippen LogP contribution < -0.4 is 10.6 Å². The van der Waals surface area contributed by atoms with E-state index in [1.54, 1.807) is 0 Å². The molecule has 4 heteroatoms. The summed E-state index contributed by atoms with van der Waals surface area (Å²) in [5, 5.41) is 1.24. The zero-order valence-corrected chi connectivity index (χ0v) is 12.7. The third-order valence-corrected chi connectivity index (χ3v) is 5.93. The predicted octanol–water partition coefficient (Wildman–Crippen LogP) is 3.32. The molecule has 2 aliphatic rings. The number of hydrogen-bond acceptors (Lipinski definition) is 4.